The first-order chi connectivity index (χ1) is 18.1. The average Bonchev–Trinajstić information content (AvgIpc) is 3.39. The molecule has 10 heteroatoms. The largest absolute Gasteiger partial charge is 0.393 e. The minimum atomic E-state index is -0.715. The highest BCUT2D eigenvalue weighted by Gasteiger charge is 2.52. The molecule has 4 heterocycles. The highest BCUT2D eigenvalue weighted by molar-refractivity contribution is 7.19. The lowest BCUT2D eigenvalue weighted by molar-refractivity contribution is -0.141. The van der Waals surface area contributed by atoms with Crippen molar-refractivity contribution in [2.45, 2.75) is 59.6 Å². The fourth-order valence-electron chi connectivity index (χ4n) is 5.04. The lowest BCUT2D eigenvalue weighted by atomic mass is 9.78. The number of aryl methyl sites for hydroxylation is 1. The first-order valence-corrected chi connectivity index (χ1v) is 13.5. The maximum atomic E-state index is 13.1. The molecule has 3 amide bonds. The van der Waals surface area contributed by atoms with Gasteiger partial charge in [-0.05, 0) is 56.0 Å². The SMILES string of the molecule is CCC1(C)C(=O)N(Cc2cc3nccc(-c4cc(C#N)nc(C)c4CC(O)CCNC=O)c3s2)C(=O)C1C. The van der Waals surface area contributed by atoms with Crippen molar-refractivity contribution in [1.82, 2.24) is 20.2 Å². The van der Waals surface area contributed by atoms with Crippen LogP contribution in [0.5, 0.6) is 0 Å². The lowest BCUT2D eigenvalue weighted by Gasteiger charge is -2.22. The zero-order valence-electron chi connectivity index (χ0n) is 21.9. The molecule has 0 radical (unpaired) electrons. The van der Waals surface area contributed by atoms with E-state index < -0.39 is 11.5 Å². The number of rotatable bonds is 10. The van der Waals surface area contributed by atoms with E-state index in [2.05, 4.69) is 21.4 Å². The predicted molar refractivity (Wildman–Crippen MR) is 144 cm³/mol. The molecular formula is C28H31N5O4S. The number of imide groups is 1. The van der Waals surface area contributed by atoms with Crippen LogP contribution in [-0.2, 0) is 27.3 Å². The number of hydrogen-bond acceptors (Lipinski definition) is 8. The van der Waals surface area contributed by atoms with Gasteiger partial charge in [-0.3, -0.25) is 24.3 Å². The Kier molecular flexibility index (Phi) is 7.90. The van der Waals surface area contributed by atoms with Gasteiger partial charge in [0.2, 0.25) is 18.2 Å². The molecule has 0 bridgehead atoms. The zero-order chi connectivity index (χ0) is 27.6. The zero-order valence-corrected chi connectivity index (χ0v) is 22.8. The Morgan fingerprint density at radius 3 is 2.76 bits per heavy atom. The number of nitrogens with one attached hydrogen (secondary N) is 1. The number of thiophene rings is 1. The lowest BCUT2D eigenvalue weighted by Crippen LogP contribution is -2.33. The molecule has 3 aromatic rings. The summed E-state index contributed by atoms with van der Waals surface area (Å²) in [5.41, 5.74) is 3.36. The van der Waals surface area contributed by atoms with Crippen LogP contribution in [0.2, 0.25) is 0 Å². The summed E-state index contributed by atoms with van der Waals surface area (Å²) in [6, 6.07) is 7.59. The second kappa shape index (κ2) is 11.0. The number of pyridine rings is 2. The Morgan fingerprint density at radius 1 is 1.34 bits per heavy atom. The van der Waals surface area contributed by atoms with Crippen LogP contribution in [0.3, 0.4) is 0 Å². The maximum absolute atomic E-state index is 13.1. The molecule has 198 valence electrons. The number of aromatic nitrogens is 2. The molecule has 4 rings (SSSR count). The number of fused-ring (bicyclic) bond motifs is 1. The summed E-state index contributed by atoms with van der Waals surface area (Å²) >= 11 is 1.46. The molecule has 2 N–H and O–H groups in total. The summed E-state index contributed by atoms with van der Waals surface area (Å²) in [6.45, 7) is 7.95. The van der Waals surface area contributed by atoms with Gasteiger partial charge in [0.15, 0.2) is 0 Å². The molecule has 1 fully saturated rings. The third-order valence-electron chi connectivity index (χ3n) is 7.72. The minimum Gasteiger partial charge on any atom is -0.393 e. The van der Waals surface area contributed by atoms with Crippen molar-refractivity contribution in [3.8, 4) is 17.2 Å². The van der Waals surface area contributed by atoms with Crippen molar-refractivity contribution in [1.29, 1.82) is 5.26 Å². The van der Waals surface area contributed by atoms with Crippen molar-refractivity contribution in [2.24, 2.45) is 11.3 Å². The van der Waals surface area contributed by atoms with E-state index in [1.165, 1.54) is 16.2 Å². The maximum Gasteiger partial charge on any atom is 0.236 e. The highest BCUT2D eigenvalue weighted by atomic mass is 32.1. The average molecular weight is 534 g/mol. The summed E-state index contributed by atoms with van der Waals surface area (Å²) in [4.78, 5) is 47.8. The van der Waals surface area contributed by atoms with Gasteiger partial charge in [-0.2, -0.15) is 5.26 Å². The van der Waals surface area contributed by atoms with Gasteiger partial charge in [0, 0.05) is 41.2 Å². The fourth-order valence-corrected chi connectivity index (χ4v) is 6.17. The second-order valence-electron chi connectivity index (χ2n) is 9.96. The first kappa shape index (κ1) is 27.4. The second-order valence-corrected chi connectivity index (χ2v) is 11.1. The van der Waals surface area contributed by atoms with Crippen molar-refractivity contribution >= 4 is 39.8 Å². The standard InChI is InChI=1S/C28H31N5O4S/c1-5-28(4)16(2)26(36)33(27(28)37)14-20-12-24-25(38-20)21(7-9-31-24)23-10-18(13-29)32-17(3)22(23)11-19(35)6-8-30-15-34/h7,9-10,12,15-16,19,35H,5-6,8,11,14H2,1-4H3,(H,30,34). The van der Waals surface area contributed by atoms with E-state index in [0.29, 0.717) is 37.9 Å². The number of aliphatic hydroxyl groups is 1. The van der Waals surface area contributed by atoms with Crippen LogP contribution in [0.25, 0.3) is 21.3 Å². The Bertz CT molecular complexity index is 1450. The Balaban J connectivity index is 1.73. The highest BCUT2D eigenvalue weighted by Crippen LogP contribution is 2.42. The number of likely N-dealkylation sites (tertiary alicyclic amines) is 1. The normalized spacial score (nSPS) is 20.1. The number of aliphatic hydroxyl groups excluding tert-OH is 1. The van der Waals surface area contributed by atoms with Crippen molar-refractivity contribution < 1.29 is 19.5 Å². The molecule has 0 aliphatic carbocycles. The van der Waals surface area contributed by atoms with Crippen LogP contribution >= 0.6 is 11.3 Å². The van der Waals surface area contributed by atoms with Gasteiger partial charge in [-0.15, -0.1) is 11.3 Å². The summed E-state index contributed by atoms with van der Waals surface area (Å²) in [5, 5.41) is 22.8. The Morgan fingerprint density at radius 2 is 2.11 bits per heavy atom. The van der Waals surface area contributed by atoms with Crippen LogP contribution < -0.4 is 5.32 Å². The van der Waals surface area contributed by atoms with E-state index in [4.69, 9.17) is 0 Å². The smallest absolute Gasteiger partial charge is 0.236 e. The third-order valence-corrected chi connectivity index (χ3v) is 8.86. The van der Waals surface area contributed by atoms with E-state index in [0.717, 1.165) is 31.8 Å². The van der Waals surface area contributed by atoms with E-state index in [1.807, 2.05) is 39.8 Å². The number of nitrogens with zero attached hydrogens (tertiary/aromatic N) is 4. The monoisotopic (exact) mass is 533 g/mol. The van der Waals surface area contributed by atoms with Gasteiger partial charge in [-0.25, -0.2) is 4.98 Å². The number of hydrogen-bond donors (Lipinski definition) is 2. The van der Waals surface area contributed by atoms with Crippen LogP contribution in [-0.4, -0.2) is 50.8 Å². The quantitative estimate of drug-likeness (QED) is 0.231. The number of carbonyl (C=O) groups excluding carboxylic acids is 3. The molecule has 38 heavy (non-hydrogen) atoms. The van der Waals surface area contributed by atoms with E-state index in [-0.39, 0.29) is 30.0 Å². The number of amides is 3. The van der Waals surface area contributed by atoms with Crippen LogP contribution in [0.1, 0.15) is 55.4 Å². The minimum absolute atomic E-state index is 0.146. The number of nitriles is 1. The summed E-state index contributed by atoms with van der Waals surface area (Å²) < 4.78 is 0.862. The fraction of sp³-hybridized carbons (Fsp3) is 0.429. The molecule has 3 unspecified atom stereocenters. The number of carbonyl (C=O) groups is 3. The Labute approximate surface area is 225 Å². The summed E-state index contributed by atoms with van der Waals surface area (Å²) in [5.74, 6) is -0.677. The van der Waals surface area contributed by atoms with Gasteiger partial charge < -0.3 is 10.4 Å². The Hall–Kier alpha value is -3.68. The molecule has 3 aromatic heterocycles. The van der Waals surface area contributed by atoms with Gasteiger partial charge in [0.1, 0.15) is 11.8 Å². The van der Waals surface area contributed by atoms with Gasteiger partial charge in [0.05, 0.1) is 28.3 Å². The van der Waals surface area contributed by atoms with Crippen molar-refractivity contribution in [3.05, 3.63) is 46.2 Å². The topological polar surface area (TPSA) is 136 Å². The molecule has 0 aromatic carbocycles. The van der Waals surface area contributed by atoms with Gasteiger partial charge in [-0.1, -0.05) is 13.8 Å². The summed E-state index contributed by atoms with van der Waals surface area (Å²) in [6.07, 6.45) is 2.84. The van der Waals surface area contributed by atoms with Gasteiger partial charge in [0.25, 0.3) is 0 Å². The molecule has 3 atom stereocenters. The van der Waals surface area contributed by atoms with Crippen molar-refractivity contribution in [3.63, 3.8) is 0 Å². The molecular weight excluding hydrogens is 502 g/mol. The summed E-state index contributed by atoms with van der Waals surface area (Å²) in [7, 11) is 0. The van der Waals surface area contributed by atoms with Crippen LogP contribution in [0.15, 0.2) is 24.4 Å². The molecule has 0 saturated carbocycles. The molecule has 0 spiro atoms. The van der Waals surface area contributed by atoms with E-state index in [9.17, 15) is 24.8 Å². The molecule has 9 nitrogen and oxygen atoms in total. The van der Waals surface area contributed by atoms with Crippen LogP contribution in [0.4, 0.5) is 0 Å². The van der Waals surface area contributed by atoms with Crippen LogP contribution in [0, 0.1) is 29.6 Å². The predicted octanol–water partition coefficient (Wildman–Crippen LogP) is 3.50. The van der Waals surface area contributed by atoms with E-state index >= 15 is 0 Å². The third kappa shape index (κ3) is 4.91. The van der Waals surface area contributed by atoms with Crippen molar-refractivity contribution in [2.75, 3.05) is 6.54 Å². The first-order valence-electron chi connectivity index (χ1n) is 12.6. The molecule has 1 aliphatic rings. The van der Waals surface area contributed by atoms with Gasteiger partial charge >= 0.3 is 0 Å². The van der Waals surface area contributed by atoms with E-state index in [1.54, 1.807) is 12.3 Å². The molecule has 1 aliphatic heterocycles. The molecule has 1 saturated heterocycles.